The molecule has 2 heterocycles. The van der Waals surface area contributed by atoms with E-state index >= 15 is 0 Å². The minimum Gasteiger partial charge on any atom is -0.345 e. The number of hydrogen-bond acceptors (Lipinski definition) is 3. The summed E-state index contributed by atoms with van der Waals surface area (Å²) in [5, 5.41) is 2.92. The summed E-state index contributed by atoms with van der Waals surface area (Å²) in [6.45, 7) is 0.380. The van der Waals surface area contributed by atoms with Gasteiger partial charge in [0.1, 0.15) is 5.82 Å². The third-order valence-corrected chi connectivity index (χ3v) is 3.97. The summed E-state index contributed by atoms with van der Waals surface area (Å²) >= 11 is 0. The Morgan fingerprint density at radius 1 is 1.22 bits per heavy atom. The number of nitrogens with one attached hydrogen (secondary N) is 2. The standard InChI is InChI=1S/C17H15N5O/c1-22-15-5-3-2-4-13(15)21-16(22)9-18-17(23)11-6-7-12-14(8-11)20-10-19-12/h2-8,10H,9H2,1H3,(H,18,23)(H,19,20). The van der Waals surface area contributed by atoms with Gasteiger partial charge in [-0.25, -0.2) is 9.97 Å². The lowest BCUT2D eigenvalue weighted by Crippen LogP contribution is -2.24. The molecule has 114 valence electrons. The molecule has 6 heteroatoms. The van der Waals surface area contributed by atoms with E-state index in [4.69, 9.17) is 0 Å². The average Bonchev–Trinajstić information content (AvgIpc) is 3.17. The molecule has 0 bridgehead atoms. The van der Waals surface area contributed by atoms with Gasteiger partial charge < -0.3 is 14.9 Å². The highest BCUT2D eigenvalue weighted by Crippen LogP contribution is 2.15. The first kappa shape index (κ1) is 13.5. The van der Waals surface area contributed by atoms with E-state index in [1.807, 2.05) is 41.9 Å². The van der Waals surface area contributed by atoms with Crippen LogP contribution in [0.2, 0.25) is 0 Å². The van der Waals surface area contributed by atoms with Gasteiger partial charge in [0.2, 0.25) is 0 Å². The molecular weight excluding hydrogens is 290 g/mol. The number of fused-ring (bicyclic) bond motifs is 2. The summed E-state index contributed by atoms with van der Waals surface area (Å²) in [6, 6.07) is 13.3. The molecule has 1 amide bonds. The molecule has 6 nitrogen and oxygen atoms in total. The summed E-state index contributed by atoms with van der Waals surface area (Å²) in [6.07, 6.45) is 1.62. The largest absolute Gasteiger partial charge is 0.345 e. The van der Waals surface area contributed by atoms with Crippen LogP contribution in [0.5, 0.6) is 0 Å². The molecule has 0 fully saturated rings. The molecule has 23 heavy (non-hydrogen) atoms. The summed E-state index contributed by atoms with van der Waals surface area (Å²) < 4.78 is 1.99. The molecule has 0 atom stereocenters. The molecule has 0 saturated heterocycles. The molecule has 0 spiro atoms. The number of carbonyl (C=O) groups excluding carboxylic acids is 1. The Bertz CT molecular complexity index is 1010. The maximum Gasteiger partial charge on any atom is 0.251 e. The molecule has 0 radical (unpaired) electrons. The fraction of sp³-hybridized carbons (Fsp3) is 0.118. The zero-order valence-corrected chi connectivity index (χ0v) is 12.6. The number of amides is 1. The summed E-state index contributed by atoms with van der Waals surface area (Å²) in [5.41, 5.74) is 4.27. The molecule has 2 aromatic carbocycles. The van der Waals surface area contributed by atoms with Crippen molar-refractivity contribution < 1.29 is 4.79 Å². The molecular formula is C17H15N5O. The summed E-state index contributed by atoms with van der Waals surface area (Å²) in [7, 11) is 1.95. The molecule has 4 aromatic rings. The number of benzene rings is 2. The van der Waals surface area contributed by atoms with Crippen molar-refractivity contribution >= 4 is 28.0 Å². The van der Waals surface area contributed by atoms with E-state index < -0.39 is 0 Å². The fourth-order valence-electron chi connectivity index (χ4n) is 2.69. The van der Waals surface area contributed by atoms with Gasteiger partial charge in [0.25, 0.3) is 5.91 Å². The van der Waals surface area contributed by atoms with E-state index in [1.54, 1.807) is 18.5 Å². The van der Waals surface area contributed by atoms with Crippen LogP contribution in [0.25, 0.3) is 22.1 Å². The van der Waals surface area contributed by atoms with Crippen molar-refractivity contribution in [2.24, 2.45) is 7.05 Å². The number of aryl methyl sites for hydroxylation is 1. The first-order chi connectivity index (χ1) is 11.2. The Balaban J connectivity index is 1.55. The van der Waals surface area contributed by atoms with Gasteiger partial charge in [-0.05, 0) is 30.3 Å². The van der Waals surface area contributed by atoms with Crippen molar-refractivity contribution in [3.05, 3.63) is 60.2 Å². The van der Waals surface area contributed by atoms with Crippen LogP contribution in [-0.4, -0.2) is 25.4 Å². The van der Waals surface area contributed by atoms with Gasteiger partial charge >= 0.3 is 0 Å². The van der Waals surface area contributed by atoms with Gasteiger partial charge in [0, 0.05) is 12.6 Å². The third kappa shape index (κ3) is 2.34. The van der Waals surface area contributed by atoms with Gasteiger partial charge in [0.05, 0.1) is 34.9 Å². The smallest absolute Gasteiger partial charge is 0.251 e. The minimum atomic E-state index is -0.131. The Morgan fingerprint density at radius 2 is 2.09 bits per heavy atom. The lowest BCUT2D eigenvalue weighted by atomic mass is 10.2. The van der Waals surface area contributed by atoms with Crippen LogP contribution < -0.4 is 5.32 Å². The lowest BCUT2D eigenvalue weighted by Gasteiger charge is -2.06. The van der Waals surface area contributed by atoms with Crippen molar-refractivity contribution in [2.45, 2.75) is 6.54 Å². The molecule has 4 rings (SSSR count). The van der Waals surface area contributed by atoms with Gasteiger partial charge in [0.15, 0.2) is 0 Å². The lowest BCUT2D eigenvalue weighted by molar-refractivity contribution is 0.0950. The number of carbonyl (C=O) groups is 1. The van der Waals surface area contributed by atoms with Crippen LogP contribution in [0.4, 0.5) is 0 Å². The van der Waals surface area contributed by atoms with Gasteiger partial charge in [-0.3, -0.25) is 4.79 Å². The number of H-pyrrole nitrogens is 1. The van der Waals surface area contributed by atoms with Crippen molar-refractivity contribution in [1.29, 1.82) is 0 Å². The number of imidazole rings is 2. The van der Waals surface area contributed by atoms with Crippen molar-refractivity contribution in [3.63, 3.8) is 0 Å². The predicted octanol–water partition coefficient (Wildman–Crippen LogP) is 2.38. The molecule has 0 unspecified atom stereocenters. The Morgan fingerprint density at radius 3 is 2.96 bits per heavy atom. The Labute approximate surface area is 132 Å². The number of rotatable bonds is 3. The predicted molar refractivity (Wildman–Crippen MR) is 88.0 cm³/mol. The van der Waals surface area contributed by atoms with Crippen LogP contribution in [0.3, 0.4) is 0 Å². The molecule has 0 aliphatic rings. The highest BCUT2D eigenvalue weighted by molar-refractivity contribution is 5.97. The second-order valence-corrected chi connectivity index (χ2v) is 5.39. The van der Waals surface area contributed by atoms with E-state index in [0.29, 0.717) is 12.1 Å². The zero-order chi connectivity index (χ0) is 15.8. The number of para-hydroxylation sites is 2. The van der Waals surface area contributed by atoms with E-state index in [-0.39, 0.29) is 5.91 Å². The minimum absolute atomic E-state index is 0.131. The van der Waals surface area contributed by atoms with Crippen LogP contribution in [-0.2, 0) is 13.6 Å². The van der Waals surface area contributed by atoms with Crippen LogP contribution in [0.15, 0.2) is 48.8 Å². The first-order valence-corrected chi connectivity index (χ1v) is 7.34. The quantitative estimate of drug-likeness (QED) is 0.610. The van der Waals surface area contributed by atoms with Gasteiger partial charge in [-0.2, -0.15) is 0 Å². The van der Waals surface area contributed by atoms with Gasteiger partial charge in [-0.15, -0.1) is 0 Å². The second-order valence-electron chi connectivity index (χ2n) is 5.39. The van der Waals surface area contributed by atoms with E-state index in [1.165, 1.54) is 0 Å². The maximum absolute atomic E-state index is 12.3. The average molecular weight is 305 g/mol. The highest BCUT2D eigenvalue weighted by atomic mass is 16.1. The first-order valence-electron chi connectivity index (χ1n) is 7.34. The third-order valence-electron chi connectivity index (χ3n) is 3.97. The van der Waals surface area contributed by atoms with Gasteiger partial charge in [-0.1, -0.05) is 12.1 Å². The van der Waals surface area contributed by atoms with Crippen LogP contribution in [0.1, 0.15) is 16.2 Å². The molecule has 2 N–H and O–H groups in total. The Hall–Kier alpha value is -3.15. The second kappa shape index (κ2) is 5.24. The van der Waals surface area contributed by atoms with Crippen LogP contribution in [0, 0.1) is 0 Å². The van der Waals surface area contributed by atoms with E-state index in [0.717, 1.165) is 27.9 Å². The zero-order valence-electron chi connectivity index (χ0n) is 12.6. The molecule has 2 aromatic heterocycles. The number of hydrogen-bond donors (Lipinski definition) is 2. The SMILES string of the molecule is Cn1c(CNC(=O)c2ccc3nc[nH]c3c2)nc2ccccc21. The van der Waals surface area contributed by atoms with Crippen molar-refractivity contribution in [3.8, 4) is 0 Å². The van der Waals surface area contributed by atoms with E-state index in [2.05, 4.69) is 20.3 Å². The molecule has 0 aliphatic carbocycles. The summed E-state index contributed by atoms with van der Waals surface area (Å²) in [4.78, 5) is 24.0. The fourth-order valence-corrected chi connectivity index (χ4v) is 2.69. The highest BCUT2D eigenvalue weighted by Gasteiger charge is 2.10. The summed E-state index contributed by atoms with van der Waals surface area (Å²) in [5.74, 6) is 0.690. The van der Waals surface area contributed by atoms with Crippen molar-refractivity contribution in [2.75, 3.05) is 0 Å². The number of aromatic nitrogens is 4. The monoisotopic (exact) mass is 305 g/mol. The van der Waals surface area contributed by atoms with Crippen molar-refractivity contribution in [1.82, 2.24) is 24.8 Å². The van der Waals surface area contributed by atoms with E-state index in [9.17, 15) is 4.79 Å². The molecule has 0 saturated carbocycles. The number of aromatic amines is 1. The van der Waals surface area contributed by atoms with Crippen LogP contribution >= 0.6 is 0 Å². The maximum atomic E-state index is 12.3. The normalized spacial score (nSPS) is 11.2. The number of nitrogens with zero attached hydrogens (tertiary/aromatic N) is 3. The Kier molecular flexibility index (Phi) is 3.08. The molecule has 0 aliphatic heterocycles. The topological polar surface area (TPSA) is 75.6 Å².